The van der Waals surface area contributed by atoms with E-state index in [4.69, 9.17) is 17.3 Å². The molecule has 16 heavy (non-hydrogen) atoms. The molecule has 1 atom stereocenters. The van der Waals surface area contributed by atoms with Gasteiger partial charge in [-0.15, -0.1) is 0 Å². The molecule has 0 aliphatic heterocycles. The Balaban J connectivity index is 2.72. The van der Waals surface area contributed by atoms with Gasteiger partial charge >= 0.3 is 0 Å². The first-order valence-electron chi connectivity index (χ1n) is 5.33. The summed E-state index contributed by atoms with van der Waals surface area (Å²) in [6, 6.07) is 6.88. The van der Waals surface area contributed by atoms with Crippen molar-refractivity contribution in [3.63, 3.8) is 0 Å². The number of ketones is 1. The molecule has 1 aromatic rings. The van der Waals surface area contributed by atoms with Gasteiger partial charge in [-0.3, -0.25) is 4.79 Å². The second-order valence-corrected chi connectivity index (χ2v) is 5.55. The molecule has 3 heteroatoms. The molecule has 0 fully saturated rings. The van der Waals surface area contributed by atoms with E-state index in [1.807, 2.05) is 32.9 Å². The molecular weight excluding hydrogens is 222 g/mol. The number of hydrogen-bond acceptors (Lipinski definition) is 2. The average Bonchev–Trinajstić information content (AvgIpc) is 2.15. The van der Waals surface area contributed by atoms with Gasteiger partial charge in [-0.1, -0.05) is 44.5 Å². The molecule has 1 rings (SSSR count). The van der Waals surface area contributed by atoms with Gasteiger partial charge in [-0.25, -0.2) is 0 Å². The van der Waals surface area contributed by atoms with Crippen LogP contribution in [-0.4, -0.2) is 11.8 Å². The number of carbonyl (C=O) groups is 1. The fourth-order valence-electron chi connectivity index (χ4n) is 1.44. The second-order valence-electron chi connectivity index (χ2n) is 5.12. The standard InChI is InChI=1S/C13H18ClNO/c1-13(2,3)12(15)11(16)8-9-5-4-6-10(14)7-9/h4-7,12H,8,15H2,1-3H3. The molecule has 0 bridgehead atoms. The third kappa shape index (κ3) is 3.62. The highest BCUT2D eigenvalue weighted by Gasteiger charge is 2.26. The van der Waals surface area contributed by atoms with Gasteiger partial charge in [-0.2, -0.15) is 0 Å². The van der Waals surface area contributed by atoms with E-state index in [9.17, 15) is 4.79 Å². The first kappa shape index (κ1) is 13.2. The molecule has 2 N–H and O–H groups in total. The molecule has 0 saturated heterocycles. The van der Waals surface area contributed by atoms with Gasteiger partial charge in [0, 0.05) is 11.4 Å². The number of carbonyl (C=O) groups excluding carboxylic acids is 1. The predicted molar refractivity (Wildman–Crippen MR) is 67.6 cm³/mol. The molecule has 2 nitrogen and oxygen atoms in total. The highest BCUT2D eigenvalue weighted by molar-refractivity contribution is 6.30. The molecule has 0 saturated carbocycles. The van der Waals surface area contributed by atoms with E-state index < -0.39 is 6.04 Å². The second kappa shape index (κ2) is 4.98. The van der Waals surface area contributed by atoms with Crippen molar-refractivity contribution in [2.75, 3.05) is 0 Å². The maximum absolute atomic E-state index is 11.9. The predicted octanol–water partition coefficient (Wildman–Crippen LogP) is 2.83. The van der Waals surface area contributed by atoms with Crippen molar-refractivity contribution in [2.24, 2.45) is 11.1 Å². The first-order chi connectivity index (χ1) is 7.30. The van der Waals surface area contributed by atoms with Crippen LogP contribution in [0.15, 0.2) is 24.3 Å². The van der Waals surface area contributed by atoms with Gasteiger partial charge in [0.05, 0.1) is 6.04 Å². The van der Waals surface area contributed by atoms with Crippen LogP contribution in [0.25, 0.3) is 0 Å². The van der Waals surface area contributed by atoms with Crippen molar-refractivity contribution in [3.8, 4) is 0 Å². The molecule has 1 aromatic carbocycles. The van der Waals surface area contributed by atoms with Crippen molar-refractivity contribution in [2.45, 2.75) is 33.2 Å². The van der Waals surface area contributed by atoms with Crippen LogP contribution in [0.1, 0.15) is 26.3 Å². The van der Waals surface area contributed by atoms with Crippen molar-refractivity contribution in [1.82, 2.24) is 0 Å². The van der Waals surface area contributed by atoms with E-state index in [1.54, 1.807) is 12.1 Å². The maximum Gasteiger partial charge on any atom is 0.154 e. The molecule has 0 heterocycles. The monoisotopic (exact) mass is 239 g/mol. The lowest BCUT2D eigenvalue weighted by Crippen LogP contribution is -2.43. The lowest BCUT2D eigenvalue weighted by molar-refractivity contribution is -0.121. The summed E-state index contributed by atoms with van der Waals surface area (Å²) in [6.45, 7) is 5.90. The normalized spacial score (nSPS) is 13.6. The summed E-state index contributed by atoms with van der Waals surface area (Å²) >= 11 is 5.86. The van der Waals surface area contributed by atoms with Crippen LogP contribution >= 0.6 is 11.6 Å². The van der Waals surface area contributed by atoms with Crippen molar-refractivity contribution in [1.29, 1.82) is 0 Å². The summed E-state index contributed by atoms with van der Waals surface area (Å²) in [5.41, 5.74) is 6.61. The fourth-order valence-corrected chi connectivity index (χ4v) is 1.65. The van der Waals surface area contributed by atoms with Crippen molar-refractivity contribution in [3.05, 3.63) is 34.9 Å². The van der Waals surface area contributed by atoms with Gasteiger partial charge in [-0.05, 0) is 23.1 Å². The van der Waals surface area contributed by atoms with Gasteiger partial charge in [0.25, 0.3) is 0 Å². The Hall–Kier alpha value is -0.860. The smallest absolute Gasteiger partial charge is 0.154 e. The highest BCUT2D eigenvalue weighted by atomic mass is 35.5. The van der Waals surface area contributed by atoms with Crippen molar-refractivity contribution < 1.29 is 4.79 Å². The molecule has 0 amide bonds. The Labute approximate surface area is 102 Å². The molecule has 0 aliphatic carbocycles. The summed E-state index contributed by atoms with van der Waals surface area (Å²) in [6.07, 6.45) is 0.346. The van der Waals surface area contributed by atoms with Crippen LogP contribution in [0.5, 0.6) is 0 Å². The minimum absolute atomic E-state index is 0.0507. The number of benzene rings is 1. The summed E-state index contributed by atoms with van der Waals surface area (Å²) < 4.78 is 0. The minimum Gasteiger partial charge on any atom is -0.321 e. The van der Waals surface area contributed by atoms with Crippen LogP contribution < -0.4 is 5.73 Å². The van der Waals surface area contributed by atoms with Gasteiger partial charge in [0.2, 0.25) is 0 Å². The molecular formula is C13H18ClNO. The van der Waals surface area contributed by atoms with Crippen LogP contribution in [0, 0.1) is 5.41 Å². The largest absolute Gasteiger partial charge is 0.321 e. The number of rotatable bonds is 3. The van der Waals surface area contributed by atoms with Crippen molar-refractivity contribution >= 4 is 17.4 Å². The van der Waals surface area contributed by atoms with E-state index in [-0.39, 0.29) is 11.2 Å². The van der Waals surface area contributed by atoms with E-state index in [2.05, 4.69) is 0 Å². The Bertz CT molecular complexity index is 382. The van der Waals surface area contributed by atoms with Crippen LogP contribution in [0.4, 0.5) is 0 Å². The Morgan fingerprint density at radius 1 is 1.44 bits per heavy atom. The number of hydrogen-bond donors (Lipinski definition) is 1. The number of halogens is 1. The molecule has 88 valence electrons. The Morgan fingerprint density at radius 3 is 2.56 bits per heavy atom. The van der Waals surface area contributed by atoms with Gasteiger partial charge in [0.1, 0.15) is 0 Å². The molecule has 0 spiro atoms. The zero-order valence-electron chi connectivity index (χ0n) is 9.96. The van der Waals surface area contributed by atoms with Crippen LogP contribution in [0.2, 0.25) is 5.02 Å². The molecule has 0 aliphatic rings. The summed E-state index contributed by atoms with van der Waals surface area (Å²) in [5, 5.41) is 0.648. The zero-order chi connectivity index (χ0) is 12.3. The van der Waals surface area contributed by atoms with E-state index >= 15 is 0 Å². The van der Waals surface area contributed by atoms with Gasteiger partial charge in [0.15, 0.2) is 5.78 Å². The third-order valence-electron chi connectivity index (χ3n) is 2.55. The quantitative estimate of drug-likeness (QED) is 0.882. The summed E-state index contributed by atoms with van der Waals surface area (Å²) in [5.74, 6) is 0.0507. The SMILES string of the molecule is CC(C)(C)C(N)C(=O)Cc1cccc(Cl)c1. The lowest BCUT2D eigenvalue weighted by Gasteiger charge is -2.25. The first-order valence-corrected chi connectivity index (χ1v) is 5.71. The Kier molecular flexibility index (Phi) is 4.11. The van der Waals surface area contributed by atoms with E-state index in [1.165, 1.54) is 0 Å². The van der Waals surface area contributed by atoms with E-state index in [0.717, 1.165) is 5.56 Å². The summed E-state index contributed by atoms with van der Waals surface area (Å²) in [4.78, 5) is 11.9. The fraction of sp³-hybridized carbons (Fsp3) is 0.462. The number of nitrogens with two attached hydrogens (primary N) is 1. The molecule has 0 aromatic heterocycles. The summed E-state index contributed by atoms with van der Waals surface area (Å²) in [7, 11) is 0. The lowest BCUT2D eigenvalue weighted by atomic mass is 9.83. The number of Topliss-reactive ketones (excluding diaryl/α,β-unsaturated/α-hetero) is 1. The average molecular weight is 240 g/mol. The molecule has 0 radical (unpaired) electrons. The third-order valence-corrected chi connectivity index (χ3v) is 2.78. The molecule has 1 unspecified atom stereocenters. The van der Waals surface area contributed by atoms with Gasteiger partial charge < -0.3 is 5.73 Å². The van der Waals surface area contributed by atoms with Crippen LogP contribution in [0.3, 0.4) is 0 Å². The zero-order valence-corrected chi connectivity index (χ0v) is 10.7. The van der Waals surface area contributed by atoms with Crippen LogP contribution in [-0.2, 0) is 11.2 Å². The van der Waals surface area contributed by atoms with E-state index in [0.29, 0.717) is 11.4 Å². The maximum atomic E-state index is 11.9. The minimum atomic E-state index is -0.438. The highest BCUT2D eigenvalue weighted by Crippen LogP contribution is 2.20. The Morgan fingerprint density at radius 2 is 2.06 bits per heavy atom. The topological polar surface area (TPSA) is 43.1 Å².